The van der Waals surface area contributed by atoms with Gasteiger partial charge in [0.15, 0.2) is 0 Å². The highest BCUT2D eigenvalue weighted by molar-refractivity contribution is 5.92. The fourth-order valence-corrected chi connectivity index (χ4v) is 2.90. The van der Waals surface area contributed by atoms with Crippen molar-refractivity contribution in [1.82, 2.24) is 25.2 Å². The second kappa shape index (κ2) is 8.02. The molecule has 0 atom stereocenters. The smallest absolute Gasteiger partial charge is 0.270 e. The summed E-state index contributed by atoms with van der Waals surface area (Å²) in [5.74, 6) is 1.26. The summed E-state index contributed by atoms with van der Waals surface area (Å²) in [5, 5.41) is 2.91. The van der Waals surface area contributed by atoms with Crippen LogP contribution in [0.4, 0.5) is 5.82 Å². The Balaban J connectivity index is 1.67. The number of pyridine rings is 1. The van der Waals surface area contributed by atoms with Crippen molar-refractivity contribution < 1.29 is 4.79 Å². The molecule has 2 aromatic rings. The lowest BCUT2D eigenvalue weighted by Crippen LogP contribution is -2.46. The van der Waals surface area contributed by atoms with Crippen molar-refractivity contribution in [1.29, 1.82) is 0 Å². The van der Waals surface area contributed by atoms with Crippen molar-refractivity contribution in [3.05, 3.63) is 47.7 Å². The van der Waals surface area contributed by atoms with E-state index in [1.807, 2.05) is 19.1 Å². The summed E-state index contributed by atoms with van der Waals surface area (Å²) in [5.41, 5.74) is 1.42. The minimum atomic E-state index is -0.184. The predicted octanol–water partition coefficient (Wildman–Crippen LogP) is 1.25. The number of nitrogens with zero attached hydrogens (tertiary/aromatic N) is 5. The summed E-state index contributed by atoms with van der Waals surface area (Å²) in [6.07, 6.45) is 3.43. The molecule has 7 nitrogen and oxygen atoms in total. The van der Waals surface area contributed by atoms with Crippen molar-refractivity contribution in [3.8, 4) is 0 Å². The number of hydrogen-bond acceptors (Lipinski definition) is 6. The van der Waals surface area contributed by atoms with Gasteiger partial charge in [0.2, 0.25) is 0 Å². The van der Waals surface area contributed by atoms with Gasteiger partial charge in [0.1, 0.15) is 17.3 Å². The molecule has 1 aliphatic rings. The molecule has 0 spiro atoms. The van der Waals surface area contributed by atoms with Gasteiger partial charge >= 0.3 is 0 Å². The van der Waals surface area contributed by atoms with Gasteiger partial charge in [0.05, 0.1) is 0 Å². The molecule has 1 amide bonds. The van der Waals surface area contributed by atoms with E-state index in [0.29, 0.717) is 18.1 Å². The number of nitrogens with one attached hydrogen (secondary N) is 1. The van der Waals surface area contributed by atoms with Crippen LogP contribution in [-0.4, -0.2) is 58.5 Å². The molecule has 0 unspecified atom stereocenters. The molecule has 0 radical (unpaired) electrons. The van der Waals surface area contributed by atoms with Crippen LogP contribution in [0.5, 0.6) is 0 Å². The van der Waals surface area contributed by atoms with E-state index in [-0.39, 0.29) is 5.91 Å². The summed E-state index contributed by atoms with van der Waals surface area (Å²) in [6.45, 7) is 9.40. The lowest BCUT2D eigenvalue weighted by molar-refractivity contribution is 0.0945. The highest BCUT2D eigenvalue weighted by Gasteiger charge is 2.19. The van der Waals surface area contributed by atoms with Crippen LogP contribution >= 0.6 is 0 Å². The quantitative estimate of drug-likeness (QED) is 0.883. The Kier molecular flexibility index (Phi) is 5.55. The zero-order valence-corrected chi connectivity index (χ0v) is 14.8. The first-order chi connectivity index (χ1) is 12.2. The lowest BCUT2D eigenvalue weighted by Gasteiger charge is -2.34. The van der Waals surface area contributed by atoms with Crippen LogP contribution in [0.3, 0.4) is 0 Å². The Morgan fingerprint density at radius 1 is 1.16 bits per heavy atom. The van der Waals surface area contributed by atoms with Crippen LogP contribution in [-0.2, 0) is 6.54 Å². The molecule has 2 aromatic heterocycles. The van der Waals surface area contributed by atoms with Crippen LogP contribution in [0.15, 0.2) is 30.6 Å². The largest absolute Gasteiger partial charge is 0.354 e. The van der Waals surface area contributed by atoms with Gasteiger partial charge in [-0.15, -0.1) is 0 Å². The number of amides is 1. The van der Waals surface area contributed by atoms with Crippen molar-refractivity contribution in [2.45, 2.75) is 20.4 Å². The van der Waals surface area contributed by atoms with Gasteiger partial charge in [-0.25, -0.2) is 9.97 Å². The van der Waals surface area contributed by atoms with E-state index in [4.69, 9.17) is 0 Å². The molecule has 1 saturated heterocycles. The first kappa shape index (κ1) is 17.3. The number of likely N-dealkylation sites (N-methyl/N-ethyl adjacent to an activating group) is 1. The van der Waals surface area contributed by atoms with Gasteiger partial charge in [-0.3, -0.25) is 9.78 Å². The average Bonchev–Trinajstić information content (AvgIpc) is 2.66. The van der Waals surface area contributed by atoms with Crippen molar-refractivity contribution >= 4 is 11.7 Å². The monoisotopic (exact) mass is 340 g/mol. The zero-order valence-electron chi connectivity index (χ0n) is 14.8. The standard InChI is InChI=1S/C18H24N6O/c1-3-23-8-10-24(11-9-23)17-12-16(21-14(2)22-17)18(25)20-13-15-4-6-19-7-5-15/h4-7,12H,3,8-11,13H2,1-2H3,(H,20,25). The Hall–Kier alpha value is -2.54. The van der Waals surface area contributed by atoms with E-state index < -0.39 is 0 Å². The maximum absolute atomic E-state index is 12.5. The van der Waals surface area contributed by atoms with Crippen LogP contribution in [0.25, 0.3) is 0 Å². The molecule has 1 fully saturated rings. The number of aryl methyl sites for hydroxylation is 1. The molecule has 25 heavy (non-hydrogen) atoms. The molecule has 1 N–H and O–H groups in total. The van der Waals surface area contributed by atoms with Crippen molar-refractivity contribution in [2.24, 2.45) is 0 Å². The van der Waals surface area contributed by atoms with E-state index in [9.17, 15) is 4.79 Å². The summed E-state index contributed by atoms with van der Waals surface area (Å²) >= 11 is 0. The van der Waals surface area contributed by atoms with Crippen LogP contribution < -0.4 is 10.2 Å². The molecule has 132 valence electrons. The maximum Gasteiger partial charge on any atom is 0.270 e. The first-order valence-electron chi connectivity index (χ1n) is 8.66. The Morgan fingerprint density at radius 3 is 2.56 bits per heavy atom. The average molecular weight is 340 g/mol. The summed E-state index contributed by atoms with van der Waals surface area (Å²) < 4.78 is 0. The van der Waals surface area contributed by atoms with Gasteiger partial charge in [0, 0.05) is 51.2 Å². The normalized spacial score (nSPS) is 15.2. The van der Waals surface area contributed by atoms with Gasteiger partial charge in [-0.1, -0.05) is 6.92 Å². The molecule has 0 bridgehead atoms. The molecular formula is C18H24N6O. The molecule has 7 heteroatoms. The molecule has 0 saturated carbocycles. The maximum atomic E-state index is 12.5. The fourth-order valence-electron chi connectivity index (χ4n) is 2.90. The fraction of sp³-hybridized carbons (Fsp3) is 0.444. The third-order valence-electron chi connectivity index (χ3n) is 4.40. The highest BCUT2D eigenvalue weighted by atomic mass is 16.1. The van der Waals surface area contributed by atoms with E-state index in [1.54, 1.807) is 18.5 Å². The third kappa shape index (κ3) is 4.51. The van der Waals surface area contributed by atoms with E-state index in [2.05, 4.69) is 37.0 Å². The number of rotatable bonds is 5. The predicted molar refractivity (Wildman–Crippen MR) is 96.5 cm³/mol. The number of piperazine rings is 1. The number of carbonyl (C=O) groups excluding carboxylic acids is 1. The number of carbonyl (C=O) groups is 1. The Bertz CT molecular complexity index is 713. The number of hydrogen-bond donors (Lipinski definition) is 1. The second-order valence-electron chi connectivity index (χ2n) is 6.12. The highest BCUT2D eigenvalue weighted by Crippen LogP contribution is 2.15. The SMILES string of the molecule is CCN1CCN(c2cc(C(=O)NCc3ccncc3)nc(C)n2)CC1. The van der Waals surface area contributed by atoms with E-state index >= 15 is 0 Å². The Morgan fingerprint density at radius 2 is 1.88 bits per heavy atom. The van der Waals surface area contributed by atoms with Crippen molar-refractivity contribution in [2.75, 3.05) is 37.6 Å². The minimum Gasteiger partial charge on any atom is -0.354 e. The summed E-state index contributed by atoms with van der Waals surface area (Å²) in [6, 6.07) is 5.55. The number of aromatic nitrogens is 3. The molecule has 3 rings (SSSR count). The second-order valence-corrected chi connectivity index (χ2v) is 6.12. The third-order valence-corrected chi connectivity index (χ3v) is 4.40. The zero-order chi connectivity index (χ0) is 17.6. The van der Waals surface area contributed by atoms with Crippen LogP contribution in [0, 0.1) is 6.92 Å². The van der Waals surface area contributed by atoms with Crippen LogP contribution in [0.2, 0.25) is 0 Å². The molecule has 1 aliphatic heterocycles. The minimum absolute atomic E-state index is 0.184. The molecular weight excluding hydrogens is 316 g/mol. The van der Waals surface area contributed by atoms with Gasteiger partial charge in [-0.2, -0.15) is 0 Å². The van der Waals surface area contributed by atoms with Gasteiger partial charge in [0.25, 0.3) is 5.91 Å². The first-order valence-corrected chi connectivity index (χ1v) is 8.66. The van der Waals surface area contributed by atoms with Crippen LogP contribution in [0.1, 0.15) is 28.8 Å². The molecule has 0 aliphatic carbocycles. The number of anilines is 1. The van der Waals surface area contributed by atoms with Gasteiger partial charge in [-0.05, 0) is 31.2 Å². The topological polar surface area (TPSA) is 74.2 Å². The Labute approximate surface area is 148 Å². The molecule has 0 aromatic carbocycles. The van der Waals surface area contributed by atoms with E-state index in [0.717, 1.165) is 44.1 Å². The summed E-state index contributed by atoms with van der Waals surface area (Å²) in [4.78, 5) is 29.9. The van der Waals surface area contributed by atoms with Gasteiger partial charge < -0.3 is 15.1 Å². The molecule has 3 heterocycles. The van der Waals surface area contributed by atoms with Crippen molar-refractivity contribution in [3.63, 3.8) is 0 Å². The summed E-state index contributed by atoms with van der Waals surface area (Å²) in [7, 11) is 0. The van der Waals surface area contributed by atoms with E-state index in [1.165, 1.54) is 0 Å². The lowest BCUT2D eigenvalue weighted by atomic mass is 10.2.